The summed E-state index contributed by atoms with van der Waals surface area (Å²) in [5.74, 6) is 0.0502. The number of hydrogen-bond acceptors (Lipinski definition) is 11. The molecule has 1 heterocycles. The molecule has 2 rings (SSSR count). The first kappa shape index (κ1) is 29.7. The molecular formula is C21H24Cl3N5O6S. The summed E-state index contributed by atoms with van der Waals surface area (Å²) < 4.78 is 10.5. The van der Waals surface area contributed by atoms with Gasteiger partial charge in [-0.3, -0.25) is 19.7 Å². The first-order valence-corrected chi connectivity index (χ1v) is 13.1. The summed E-state index contributed by atoms with van der Waals surface area (Å²) in [6.45, 7) is 0.879. The van der Waals surface area contributed by atoms with E-state index in [4.69, 9.17) is 44.3 Å². The third kappa shape index (κ3) is 10.6. The number of carbonyl (C=O) groups is 2. The Morgan fingerprint density at radius 2 is 1.67 bits per heavy atom. The van der Waals surface area contributed by atoms with Crippen molar-refractivity contribution >= 4 is 79.6 Å². The molecule has 15 heteroatoms. The lowest BCUT2D eigenvalue weighted by atomic mass is 10.2. The highest BCUT2D eigenvalue weighted by molar-refractivity contribution is 7.18. The smallest absolute Gasteiger partial charge is 0.345 e. The van der Waals surface area contributed by atoms with Gasteiger partial charge in [-0.25, -0.2) is 4.98 Å². The van der Waals surface area contributed by atoms with Crippen molar-refractivity contribution in [1.29, 1.82) is 0 Å². The predicted octanol–water partition coefficient (Wildman–Crippen LogP) is 6.05. The standard InChI is InChI=1S/C21H24Cl3N5O6S/c22-7-1-3-19(30)34-11-9-28(10-12-35-20(31)4-2-8-23)15-5-6-17(16(24)13-15)26-27-21-25-14-18(36-21)29(32)33/h5-6,13-14H,1-4,7-12H2. The number of alkyl halides is 2. The number of aromatic nitrogens is 1. The highest BCUT2D eigenvalue weighted by Crippen LogP contribution is 2.33. The minimum absolute atomic E-state index is 0.114. The van der Waals surface area contributed by atoms with Crippen LogP contribution < -0.4 is 4.90 Å². The summed E-state index contributed by atoms with van der Waals surface area (Å²) in [5, 5.41) is 18.9. The molecular weight excluding hydrogens is 557 g/mol. The van der Waals surface area contributed by atoms with Crippen LogP contribution >= 0.6 is 46.1 Å². The SMILES string of the molecule is O=C(CCCCl)OCCN(CCOC(=O)CCCCl)c1ccc(N=Nc2ncc([N+](=O)[O-])s2)c(Cl)c1. The number of carbonyl (C=O) groups excluding carboxylic acids is 2. The van der Waals surface area contributed by atoms with Crippen molar-refractivity contribution in [3.63, 3.8) is 0 Å². The van der Waals surface area contributed by atoms with E-state index in [2.05, 4.69) is 15.2 Å². The second-order valence-corrected chi connectivity index (χ2v) is 9.24. The van der Waals surface area contributed by atoms with Crippen LogP contribution in [0.4, 0.5) is 21.5 Å². The zero-order chi connectivity index (χ0) is 26.3. The monoisotopic (exact) mass is 579 g/mol. The number of azo groups is 1. The Kier molecular flexibility index (Phi) is 13.4. The van der Waals surface area contributed by atoms with Gasteiger partial charge in [0, 0.05) is 30.3 Å². The van der Waals surface area contributed by atoms with Crippen LogP contribution in [-0.4, -0.2) is 59.9 Å². The lowest BCUT2D eigenvalue weighted by molar-refractivity contribution is -0.380. The Morgan fingerprint density at radius 1 is 1.06 bits per heavy atom. The van der Waals surface area contributed by atoms with Crippen LogP contribution in [0.3, 0.4) is 0 Å². The number of anilines is 1. The molecule has 0 radical (unpaired) electrons. The van der Waals surface area contributed by atoms with Crippen LogP contribution in [-0.2, 0) is 19.1 Å². The van der Waals surface area contributed by atoms with Gasteiger partial charge in [0.25, 0.3) is 0 Å². The zero-order valence-corrected chi connectivity index (χ0v) is 22.2. The van der Waals surface area contributed by atoms with Crippen molar-refractivity contribution in [3.8, 4) is 0 Å². The van der Waals surface area contributed by atoms with E-state index < -0.39 is 4.92 Å². The number of nitro groups is 1. The molecule has 0 bridgehead atoms. The van der Waals surface area contributed by atoms with E-state index in [1.54, 1.807) is 18.2 Å². The molecule has 0 aliphatic carbocycles. The van der Waals surface area contributed by atoms with Crippen molar-refractivity contribution in [1.82, 2.24) is 4.98 Å². The number of halogens is 3. The van der Waals surface area contributed by atoms with Crippen LogP contribution in [0.1, 0.15) is 25.7 Å². The highest BCUT2D eigenvalue weighted by atomic mass is 35.5. The second kappa shape index (κ2) is 16.3. The summed E-state index contributed by atoms with van der Waals surface area (Å²) in [7, 11) is 0. The van der Waals surface area contributed by atoms with Crippen LogP contribution in [0, 0.1) is 10.1 Å². The third-order valence-corrected chi connectivity index (χ3v) is 6.15. The lowest BCUT2D eigenvalue weighted by Gasteiger charge is -2.25. The van der Waals surface area contributed by atoms with E-state index >= 15 is 0 Å². The van der Waals surface area contributed by atoms with Crippen LogP contribution in [0.25, 0.3) is 0 Å². The first-order valence-electron chi connectivity index (χ1n) is 10.8. The Bertz CT molecular complexity index is 1030. The van der Waals surface area contributed by atoms with Crippen molar-refractivity contribution < 1.29 is 24.0 Å². The number of nitrogens with zero attached hydrogens (tertiary/aromatic N) is 5. The van der Waals surface area contributed by atoms with E-state index in [0.29, 0.717) is 49.1 Å². The van der Waals surface area contributed by atoms with Crippen LogP contribution in [0.15, 0.2) is 34.6 Å². The maximum Gasteiger partial charge on any atom is 0.345 e. The predicted molar refractivity (Wildman–Crippen MR) is 138 cm³/mol. The zero-order valence-electron chi connectivity index (χ0n) is 19.1. The average molecular weight is 581 g/mol. The Balaban J connectivity index is 2.06. The van der Waals surface area contributed by atoms with Gasteiger partial charge in [0.15, 0.2) is 0 Å². The van der Waals surface area contributed by atoms with Gasteiger partial charge in [0.05, 0.1) is 23.0 Å². The van der Waals surface area contributed by atoms with Gasteiger partial charge in [0.1, 0.15) is 25.1 Å². The Hall–Kier alpha value is -2.54. The molecule has 2 aromatic rings. The highest BCUT2D eigenvalue weighted by Gasteiger charge is 2.14. The van der Waals surface area contributed by atoms with Crippen molar-refractivity contribution in [2.45, 2.75) is 25.7 Å². The quantitative estimate of drug-likeness (QED) is 0.0769. The Labute approximate surface area is 226 Å². The molecule has 0 amide bonds. The normalized spacial score (nSPS) is 11.0. The maximum atomic E-state index is 11.8. The fourth-order valence-corrected chi connectivity index (χ4v) is 3.77. The number of ether oxygens (including phenoxy) is 2. The van der Waals surface area contributed by atoms with E-state index in [9.17, 15) is 19.7 Å². The molecule has 1 aromatic carbocycles. The molecule has 0 saturated heterocycles. The van der Waals surface area contributed by atoms with Gasteiger partial charge in [-0.1, -0.05) is 11.6 Å². The average Bonchev–Trinajstić information content (AvgIpc) is 3.34. The topological polar surface area (TPSA) is 137 Å². The van der Waals surface area contributed by atoms with Crippen LogP contribution in [0.5, 0.6) is 0 Å². The molecule has 0 fully saturated rings. The number of esters is 2. The molecule has 0 spiro atoms. The van der Waals surface area contributed by atoms with E-state index in [0.717, 1.165) is 17.5 Å². The molecule has 1 aromatic heterocycles. The molecule has 0 saturated carbocycles. The first-order chi connectivity index (χ1) is 17.3. The van der Waals surface area contributed by atoms with E-state index in [-0.39, 0.29) is 53.1 Å². The minimum Gasteiger partial charge on any atom is -0.464 e. The lowest BCUT2D eigenvalue weighted by Crippen LogP contribution is -2.32. The molecule has 11 nitrogen and oxygen atoms in total. The molecule has 0 aliphatic rings. The number of rotatable bonds is 16. The summed E-state index contributed by atoms with van der Waals surface area (Å²) in [6, 6.07) is 5.00. The van der Waals surface area contributed by atoms with Crippen molar-refractivity contribution in [3.05, 3.63) is 39.5 Å². The van der Waals surface area contributed by atoms with Crippen molar-refractivity contribution in [2.24, 2.45) is 10.2 Å². The van der Waals surface area contributed by atoms with Gasteiger partial charge in [-0.2, -0.15) is 0 Å². The summed E-state index contributed by atoms with van der Waals surface area (Å²) >= 11 is 18.4. The summed E-state index contributed by atoms with van der Waals surface area (Å²) in [5.41, 5.74) is 1.01. The largest absolute Gasteiger partial charge is 0.464 e. The molecule has 0 aliphatic heterocycles. The number of benzene rings is 1. The van der Waals surface area contributed by atoms with Crippen molar-refractivity contribution in [2.75, 3.05) is 43.0 Å². The number of hydrogen-bond donors (Lipinski definition) is 0. The molecule has 36 heavy (non-hydrogen) atoms. The van der Waals surface area contributed by atoms with Gasteiger partial charge < -0.3 is 14.4 Å². The fraction of sp³-hybridized carbons (Fsp3) is 0.476. The Morgan fingerprint density at radius 3 is 2.17 bits per heavy atom. The molecule has 0 unspecified atom stereocenters. The van der Waals surface area contributed by atoms with E-state index in [1.807, 2.05) is 4.90 Å². The summed E-state index contributed by atoms with van der Waals surface area (Å²) in [6.07, 6.45) is 2.63. The fourth-order valence-electron chi connectivity index (χ4n) is 2.73. The summed E-state index contributed by atoms with van der Waals surface area (Å²) in [4.78, 5) is 39.5. The third-order valence-electron chi connectivity index (χ3n) is 4.48. The van der Waals surface area contributed by atoms with Gasteiger partial charge in [0.2, 0.25) is 5.13 Å². The van der Waals surface area contributed by atoms with Gasteiger partial charge >= 0.3 is 16.9 Å². The van der Waals surface area contributed by atoms with Gasteiger partial charge in [-0.15, -0.1) is 33.4 Å². The molecule has 0 N–H and O–H groups in total. The molecule has 196 valence electrons. The van der Waals surface area contributed by atoms with Gasteiger partial charge in [-0.05, 0) is 42.4 Å². The molecule has 0 atom stereocenters. The maximum absolute atomic E-state index is 11.8. The second-order valence-electron chi connectivity index (χ2n) is 7.09. The number of thiazole rings is 1. The van der Waals surface area contributed by atoms with E-state index in [1.165, 1.54) is 0 Å². The van der Waals surface area contributed by atoms with Crippen LogP contribution in [0.2, 0.25) is 5.02 Å². The minimum atomic E-state index is -0.558.